The van der Waals surface area contributed by atoms with Crippen molar-refractivity contribution in [1.29, 1.82) is 0 Å². The normalized spacial score (nSPS) is 12.7. The van der Waals surface area contributed by atoms with Crippen molar-refractivity contribution in [2.24, 2.45) is 11.3 Å². The molecule has 0 amide bonds. The van der Waals surface area contributed by atoms with E-state index in [2.05, 4.69) is 44.7 Å². The molecular formula is C16H28N2O2S. The number of nitrogens with one attached hydrogen (secondary N) is 2. The fraction of sp³-hybridized carbons (Fsp3) is 0.625. The maximum atomic E-state index is 12.3. The van der Waals surface area contributed by atoms with E-state index >= 15 is 0 Å². The summed E-state index contributed by atoms with van der Waals surface area (Å²) in [4.78, 5) is 0.309. The summed E-state index contributed by atoms with van der Waals surface area (Å²) in [5.74, 6) is 0.404. The van der Waals surface area contributed by atoms with Gasteiger partial charge in [0, 0.05) is 18.8 Å². The smallest absolute Gasteiger partial charge is 0.240 e. The first-order chi connectivity index (χ1) is 9.69. The van der Waals surface area contributed by atoms with Crippen LogP contribution in [0.15, 0.2) is 29.2 Å². The summed E-state index contributed by atoms with van der Waals surface area (Å²) < 4.78 is 27.3. The third kappa shape index (κ3) is 5.32. The summed E-state index contributed by atoms with van der Waals surface area (Å²) in [7, 11) is -3.44. The Hall–Kier alpha value is -1.07. The molecule has 0 saturated carbocycles. The Morgan fingerprint density at radius 1 is 1.14 bits per heavy atom. The summed E-state index contributed by atoms with van der Waals surface area (Å²) in [6, 6.07) is 6.89. The average molecular weight is 312 g/mol. The molecule has 0 aliphatic carbocycles. The van der Waals surface area contributed by atoms with E-state index in [1.807, 2.05) is 0 Å². The number of hydrogen-bond acceptors (Lipinski definition) is 3. The van der Waals surface area contributed by atoms with Gasteiger partial charge in [-0.05, 0) is 42.0 Å². The molecule has 5 heteroatoms. The van der Waals surface area contributed by atoms with Crippen molar-refractivity contribution in [3.8, 4) is 0 Å². The van der Waals surface area contributed by atoms with Gasteiger partial charge in [-0.3, -0.25) is 0 Å². The van der Waals surface area contributed by atoms with Crippen LogP contribution < -0.4 is 10.0 Å². The number of rotatable bonds is 8. The molecule has 21 heavy (non-hydrogen) atoms. The van der Waals surface area contributed by atoms with Crippen LogP contribution in [0.4, 0.5) is 5.69 Å². The first-order valence-electron chi connectivity index (χ1n) is 7.52. The topological polar surface area (TPSA) is 58.2 Å². The second kappa shape index (κ2) is 7.27. The maximum Gasteiger partial charge on any atom is 0.240 e. The Morgan fingerprint density at radius 2 is 1.71 bits per heavy atom. The predicted octanol–water partition coefficient (Wildman–Crippen LogP) is 3.47. The molecule has 0 radical (unpaired) electrons. The van der Waals surface area contributed by atoms with Gasteiger partial charge in [-0.15, -0.1) is 0 Å². The van der Waals surface area contributed by atoms with Crippen molar-refractivity contribution < 1.29 is 8.42 Å². The lowest BCUT2D eigenvalue weighted by Crippen LogP contribution is -2.36. The largest absolute Gasteiger partial charge is 0.385 e. The highest BCUT2D eigenvalue weighted by Crippen LogP contribution is 2.25. The summed E-state index contributed by atoms with van der Waals surface area (Å²) in [5, 5.41) is 3.23. The second-order valence-electron chi connectivity index (χ2n) is 6.42. The van der Waals surface area contributed by atoms with Crippen molar-refractivity contribution in [1.82, 2.24) is 4.72 Å². The minimum absolute atomic E-state index is 0.0737. The Bertz CT molecular complexity index is 534. The molecule has 2 N–H and O–H groups in total. The van der Waals surface area contributed by atoms with E-state index < -0.39 is 10.0 Å². The van der Waals surface area contributed by atoms with Gasteiger partial charge < -0.3 is 5.32 Å². The van der Waals surface area contributed by atoms with Crippen molar-refractivity contribution in [3.05, 3.63) is 24.3 Å². The van der Waals surface area contributed by atoms with E-state index in [9.17, 15) is 8.42 Å². The van der Waals surface area contributed by atoms with Crippen LogP contribution in [-0.4, -0.2) is 21.5 Å². The highest BCUT2D eigenvalue weighted by molar-refractivity contribution is 7.89. The van der Waals surface area contributed by atoms with Crippen molar-refractivity contribution in [2.75, 3.05) is 18.4 Å². The van der Waals surface area contributed by atoms with Crippen LogP contribution in [0.25, 0.3) is 0 Å². The first kappa shape index (κ1) is 18.0. The van der Waals surface area contributed by atoms with E-state index in [1.165, 1.54) is 0 Å². The lowest BCUT2D eigenvalue weighted by molar-refractivity contribution is 0.252. The molecular weight excluding hydrogens is 284 g/mol. The summed E-state index contributed by atoms with van der Waals surface area (Å²) in [6.45, 7) is 11.7. The third-order valence-corrected chi connectivity index (χ3v) is 5.44. The fourth-order valence-corrected chi connectivity index (χ4v) is 2.81. The van der Waals surface area contributed by atoms with Gasteiger partial charge in [0.15, 0.2) is 0 Å². The molecule has 0 spiro atoms. The van der Waals surface area contributed by atoms with Gasteiger partial charge in [0.2, 0.25) is 10.0 Å². The quantitative estimate of drug-likeness (QED) is 0.773. The second-order valence-corrected chi connectivity index (χ2v) is 8.19. The van der Waals surface area contributed by atoms with E-state index in [0.29, 0.717) is 17.4 Å². The van der Waals surface area contributed by atoms with E-state index in [4.69, 9.17) is 0 Å². The molecule has 1 aromatic carbocycles. The Labute approximate surface area is 129 Å². The van der Waals surface area contributed by atoms with Gasteiger partial charge in [-0.25, -0.2) is 13.1 Å². The minimum Gasteiger partial charge on any atom is -0.385 e. The van der Waals surface area contributed by atoms with Crippen LogP contribution in [-0.2, 0) is 10.0 Å². The van der Waals surface area contributed by atoms with Gasteiger partial charge in [0.25, 0.3) is 0 Å². The van der Waals surface area contributed by atoms with Crippen LogP contribution in [0.1, 0.15) is 41.0 Å². The van der Waals surface area contributed by atoms with Crippen molar-refractivity contribution in [2.45, 2.75) is 45.9 Å². The molecule has 120 valence electrons. The lowest BCUT2D eigenvalue weighted by Gasteiger charge is -2.29. The highest BCUT2D eigenvalue weighted by Gasteiger charge is 2.25. The van der Waals surface area contributed by atoms with E-state index in [1.54, 1.807) is 24.3 Å². The molecule has 1 rings (SSSR count). The molecule has 0 bridgehead atoms. The Kier molecular flexibility index (Phi) is 6.23. The molecule has 0 aliphatic rings. The third-order valence-electron chi connectivity index (χ3n) is 4.02. The van der Waals surface area contributed by atoms with Crippen molar-refractivity contribution >= 4 is 15.7 Å². The van der Waals surface area contributed by atoms with Gasteiger partial charge in [-0.2, -0.15) is 0 Å². The Balaban J connectivity index is 2.74. The van der Waals surface area contributed by atoms with Gasteiger partial charge in [0.1, 0.15) is 0 Å². The Morgan fingerprint density at radius 3 is 2.19 bits per heavy atom. The fourth-order valence-electron chi connectivity index (χ4n) is 1.59. The van der Waals surface area contributed by atoms with Crippen LogP contribution >= 0.6 is 0 Å². The zero-order chi connectivity index (χ0) is 16.1. The zero-order valence-electron chi connectivity index (χ0n) is 13.7. The van der Waals surface area contributed by atoms with Crippen LogP contribution in [0.2, 0.25) is 0 Å². The van der Waals surface area contributed by atoms with E-state index in [0.717, 1.165) is 18.7 Å². The molecule has 0 atom stereocenters. The lowest BCUT2D eigenvalue weighted by atomic mass is 9.81. The molecule has 0 heterocycles. The van der Waals surface area contributed by atoms with Gasteiger partial charge in [0.05, 0.1) is 4.90 Å². The average Bonchev–Trinajstić information content (AvgIpc) is 2.43. The molecule has 4 nitrogen and oxygen atoms in total. The molecule has 0 saturated heterocycles. The van der Waals surface area contributed by atoms with Gasteiger partial charge in [-0.1, -0.05) is 34.6 Å². The monoisotopic (exact) mass is 312 g/mol. The van der Waals surface area contributed by atoms with Crippen LogP contribution in [0.3, 0.4) is 0 Å². The first-order valence-corrected chi connectivity index (χ1v) is 9.01. The predicted molar refractivity (Wildman–Crippen MR) is 89.0 cm³/mol. The molecule has 0 fully saturated rings. The SMILES string of the molecule is CCCNc1ccc(S(=O)(=O)NCC(C)(C)C(C)C)cc1. The maximum absolute atomic E-state index is 12.3. The summed E-state index contributed by atoms with van der Waals surface area (Å²) in [5.41, 5.74) is 0.869. The number of sulfonamides is 1. The highest BCUT2D eigenvalue weighted by atomic mass is 32.2. The summed E-state index contributed by atoms with van der Waals surface area (Å²) in [6.07, 6.45) is 1.03. The molecule has 0 aliphatic heterocycles. The van der Waals surface area contributed by atoms with E-state index in [-0.39, 0.29) is 5.41 Å². The molecule has 1 aromatic rings. The van der Waals surface area contributed by atoms with Gasteiger partial charge >= 0.3 is 0 Å². The zero-order valence-corrected chi connectivity index (χ0v) is 14.5. The molecule has 0 unspecified atom stereocenters. The standard InChI is InChI=1S/C16H28N2O2S/c1-6-11-17-14-7-9-15(10-8-14)21(19,20)18-12-16(4,5)13(2)3/h7-10,13,17-18H,6,11-12H2,1-5H3. The molecule has 0 aromatic heterocycles. The number of anilines is 1. The number of benzene rings is 1. The van der Waals surface area contributed by atoms with Crippen LogP contribution in [0.5, 0.6) is 0 Å². The minimum atomic E-state index is -3.44. The van der Waals surface area contributed by atoms with Crippen molar-refractivity contribution in [3.63, 3.8) is 0 Å². The number of hydrogen-bond donors (Lipinski definition) is 2. The van der Waals surface area contributed by atoms with Crippen LogP contribution in [0, 0.1) is 11.3 Å². The summed E-state index contributed by atoms with van der Waals surface area (Å²) >= 11 is 0.